The number of rotatable bonds is 3. The van der Waals surface area contributed by atoms with Crippen molar-refractivity contribution in [2.45, 2.75) is 13.5 Å². The maximum atomic E-state index is 11.6. The van der Waals surface area contributed by atoms with Crippen LogP contribution in [0.15, 0.2) is 71.9 Å². The molecule has 0 bridgehead atoms. The molecule has 0 radical (unpaired) electrons. The highest BCUT2D eigenvalue weighted by atomic mass is 16.5. The van der Waals surface area contributed by atoms with Crippen LogP contribution in [0.1, 0.15) is 12.5 Å². The van der Waals surface area contributed by atoms with Gasteiger partial charge in [-0.3, -0.25) is 0 Å². The number of amides is 1. The minimum atomic E-state index is -0.557. The summed E-state index contributed by atoms with van der Waals surface area (Å²) in [4.78, 5) is 15.7. The molecule has 1 heterocycles. The first-order valence-electron chi connectivity index (χ1n) is 7.61. The summed E-state index contributed by atoms with van der Waals surface area (Å²) in [5.74, 6) is 0. The maximum absolute atomic E-state index is 11.6. The van der Waals surface area contributed by atoms with Crippen molar-refractivity contribution in [3.8, 4) is 0 Å². The fourth-order valence-corrected chi connectivity index (χ4v) is 2.54. The molecule has 0 aliphatic heterocycles. The first-order chi connectivity index (χ1) is 11.3. The lowest BCUT2D eigenvalue weighted by molar-refractivity contribution is 0.162. The van der Waals surface area contributed by atoms with Crippen molar-refractivity contribution in [2.75, 3.05) is 6.61 Å². The molecule has 0 aliphatic carbocycles. The van der Waals surface area contributed by atoms with Crippen LogP contribution in [-0.4, -0.2) is 17.3 Å². The Morgan fingerprint density at radius 3 is 2.57 bits per heavy atom. The van der Waals surface area contributed by atoms with E-state index in [1.807, 2.05) is 54.7 Å². The van der Waals surface area contributed by atoms with Crippen LogP contribution in [0.2, 0.25) is 0 Å². The Bertz CT molecular complexity index is 883. The largest absolute Gasteiger partial charge is 0.448 e. The molecule has 0 saturated heterocycles. The third-order valence-electron chi connectivity index (χ3n) is 3.58. The minimum Gasteiger partial charge on any atom is -0.448 e. The number of carbonyl (C=O) groups is 1. The molecule has 0 spiro atoms. The van der Waals surface area contributed by atoms with Crippen molar-refractivity contribution < 1.29 is 9.53 Å². The third kappa shape index (κ3) is 3.48. The summed E-state index contributed by atoms with van der Waals surface area (Å²) < 4.78 is 7.06. The molecule has 3 rings (SSSR count). The molecular formula is C19H18N2O2. The lowest BCUT2D eigenvalue weighted by Crippen LogP contribution is -2.13. The highest BCUT2D eigenvalue weighted by Crippen LogP contribution is 2.12. The topological polar surface area (TPSA) is 43.6 Å². The normalized spacial score (nSPS) is 11.6. The van der Waals surface area contributed by atoms with Crippen molar-refractivity contribution in [1.29, 1.82) is 0 Å². The quantitative estimate of drug-likeness (QED) is 0.739. The second-order valence-corrected chi connectivity index (χ2v) is 5.14. The maximum Gasteiger partial charge on any atom is 0.434 e. The first-order valence-corrected chi connectivity index (χ1v) is 7.61. The number of nitrogens with zero attached hydrogens (tertiary/aromatic N) is 2. The number of benzene rings is 2. The van der Waals surface area contributed by atoms with Gasteiger partial charge in [-0.2, -0.15) is 4.99 Å². The highest BCUT2D eigenvalue weighted by Gasteiger charge is 2.04. The molecule has 4 heteroatoms. The number of fused-ring (bicyclic) bond motifs is 1. The first kappa shape index (κ1) is 15.0. The minimum absolute atomic E-state index is 0.321. The summed E-state index contributed by atoms with van der Waals surface area (Å²) in [6.07, 6.45) is 1.39. The van der Waals surface area contributed by atoms with E-state index in [1.54, 1.807) is 6.92 Å². The Morgan fingerprint density at radius 1 is 1.04 bits per heavy atom. The molecule has 0 atom stereocenters. The van der Waals surface area contributed by atoms with Gasteiger partial charge >= 0.3 is 6.09 Å². The van der Waals surface area contributed by atoms with Crippen LogP contribution in [0, 0.1) is 0 Å². The smallest absolute Gasteiger partial charge is 0.434 e. The van der Waals surface area contributed by atoms with Crippen molar-refractivity contribution in [3.05, 3.63) is 77.8 Å². The zero-order valence-electron chi connectivity index (χ0n) is 13.0. The number of ether oxygens (including phenoxy) is 1. The van der Waals surface area contributed by atoms with Gasteiger partial charge in [0.05, 0.1) is 17.5 Å². The average Bonchev–Trinajstić information content (AvgIpc) is 2.58. The van der Waals surface area contributed by atoms with E-state index in [-0.39, 0.29) is 0 Å². The third-order valence-corrected chi connectivity index (χ3v) is 3.58. The van der Waals surface area contributed by atoms with E-state index < -0.39 is 6.09 Å². The van der Waals surface area contributed by atoms with Crippen molar-refractivity contribution >= 4 is 17.0 Å². The molecular weight excluding hydrogens is 288 g/mol. The summed E-state index contributed by atoms with van der Waals surface area (Å²) >= 11 is 0. The van der Waals surface area contributed by atoms with Crippen LogP contribution < -0.4 is 5.36 Å². The van der Waals surface area contributed by atoms with Gasteiger partial charge in [0.1, 0.15) is 0 Å². The standard InChI is InChI=1S/C19H18N2O2/c1-2-23-19(22)20-17-12-13-21(14-15-8-4-3-5-9-15)18-11-7-6-10-16(17)18/h3-13H,2,14H2,1H3/b20-17-. The van der Waals surface area contributed by atoms with Gasteiger partial charge in [0.25, 0.3) is 0 Å². The second-order valence-electron chi connectivity index (χ2n) is 5.14. The molecule has 4 nitrogen and oxygen atoms in total. The number of carbonyl (C=O) groups excluding carboxylic acids is 1. The molecule has 23 heavy (non-hydrogen) atoms. The molecule has 0 fully saturated rings. The fourth-order valence-electron chi connectivity index (χ4n) is 2.54. The van der Waals surface area contributed by atoms with Crippen LogP contribution in [-0.2, 0) is 11.3 Å². The van der Waals surface area contributed by atoms with Gasteiger partial charge in [0.15, 0.2) is 0 Å². The van der Waals surface area contributed by atoms with E-state index >= 15 is 0 Å². The molecule has 0 aliphatic rings. The monoisotopic (exact) mass is 306 g/mol. The molecule has 1 amide bonds. The number of aromatic nitrogens is 1. The Morgan fingerprint density at radius 2 is 1.78 bits per heavy atom. The number of pyridine rings is 1. The van der Waals surface area contributed by atoms with Crippen LogP contribution in [0.5, 0.6) is 0 Å². The van der Waals surface area contributed by atoms with Crippen LogP contribution >= 0.6 is 0 Å². The van der Waals surface area contributed by atoms with Gasteiger partial charge in [-0.25, -0.2) is 4.79 Å². The molecule has 1 aromatic heterocycles. The molecule has 3 aromatic rings. The summed E-state index contributed by atoms with van der Waals surface area (Å²) in [7, 11) is 0. The van der Waals surface area contributed by atoms with Crippen LogP contribution in [0.4, 0.5) is 4.79 Å². The summed E-state index contributed by atoms with van der Waals surface area (Å²) in [5.41, 5.74) is 2.25. The second kappa shape index (κ2) is 6.92. The Balaban J connectivity index is 2.07. The zero-order chi connectivity index (χ0) is 16.1. The highest BCUT2D eigenvalue weighted by molar-refractivity contribution is 5.80. The SMILES string of the molecule is CCOC(=O)/N=c1/ccn(Cc2ccccc2)c2ccccc12. The van der Waals surface area contributed by atoms with E-state index in [4.69, 9.17) is 4.74 Å². The summed E-state index contributed by atoms with van der Waals surface area (Å²) in [6.45, 7) is 2.85. The van der Waals surface area contributed by atoms with Gasteiger partial charge in [0.2, 0.25) is 0 Å². The van der Waals surface area contributed by atoms with E-state index in [0.29, 0.717) is 12.0 Å². The van der Waals surface area contributed by atoms with Crippen molar-refractivity contribution in [3.63, 3.8) is 0 Å². The van der Waals surface area contributed by atoms with Gasteiger partial charge in [-0.1, -0.05) is 48.5 Å². The lowest BCUT2D eigenvalue weighted by Gasteiger charge is -2.11. The molecule has 0 unspecified atom stereocenters. The van der Waals surface area contributed by atoms with Crippen molar-refractivity contribution in [2.24, 2.45) is 4.99 Å². The van der Waals surface area contributed by atoms with Gasteiger partial charge in [0, 0.05) is 18.1 Å². The fraction of sp³-hybridized carbons (Fsp3) is 0.158. The van der Waals surface area contributed by atoms with Gasteiger partial charge in [-0.05, 0) is 24.6 Å². The molecule has 0 N–H and O–H groups in total. The number of hydrogen-bond donors (Lipinski definition) is 0. The van der Waals surface area contributed by atoms with Crippen LogP contribution in [0.25, 0.3) is 10.9 Å². The molecule has 2 aromatic carbocycles. The van der Waals surface area contributed by atoms with Crippen LogP contribution in [0.3, 0.4) is 0 Å². The average molecular weight is 306 g/mol. The zero-order valence-corrected chi connectivity index (χ0v) is 13.0. The van der Waals surface area contributed by atoms with E-state index in [0.717, 1.165) is 17.4 Å². The van der Waals surface area contributed by atoms with Gasteiger partial charge in [-0.15, -0.1) is 0 Å². The van der Waals surface area contributed by atoms with Gasteiger partial charge < -0.3 is 9.30 Å². The number of para-hydroxylation sites is 1. The molecule has 0 saturated carbocycles. The predicted octanol–water partition coefficient (Wildman–Crippen LogP) is 3.75. The van der Waals surface area contributed by atoms with E-state index in [1.165, 1.54) is 5.56 Å². The van der Waals surface area contributed by atoms with E-state index in [9.17, 15) is 4.79 Å². The Hall–Kier alpha value is -2.88. The lowest BCUT2D eigenvalue weighted by atomic mass is 10.1. The summed E-state index contributed by atoms with van der Waals surface area (Å²) in [5, 5.41) is 1.56. The number of hydrogen-bond acceptors (Lipinski definition) is 2. The Labute approximate surface area is 134 Å². The summed E-state index contributed by atoms with van der Waals surface area (Å²) in [6, 6.07) is 20.0. The predicted molar refractivity (Wildman–Crippen MR) is 90.1 cm³/mol. The molecule has 116 valence electrons. The van der Waals surface area contributed by atoms with Crippen molar-refractivity contribution in [1.82, 2.24) is 4.57 Å². The Kier molecular flexibility index (Phi) is 4.52. The van der Waals surface area contributed by atoms with E-state index in [2.05, 4.69) is 21.7 Å².